The van der Waals surface area contributed by atoms with Crippen molar-refractivity contribution >= 4 is 11.6 Å². The largest absolute Gasteiger partial charge is 0.397 e. The molecule has 0 spiro atoms. The third kappa shape index (κ3) is 3.11. The van der Waals surface area contributed by atoms with Crippen LogP contribution in [0.3, 0.4) is 0 Å². The Balaban J connectivity index is 2.49. The van der Waals surface area contributed by atoms with Crippen LogP contribution in [0.15, 0.2) is 18.3 Å². The van der Waals surface area contributed by atoms with Crippen molar-refractivity contribution in [3.8, 4) is 6.07 Å². The van der Waals surface area contributed by atoms with Crippen LogP contribution in [0.5, 0.6) is 0 Å². The second-order valence-electron chi connectivity index (χ2n) is 2.69. The molecule has 0 saturated carbocycles. The van der Waals surface area contributed by atoms with Gasteiger partial charge in [-0.15, -0.1) is 0 Å². The molecule has 0 fully saturated rings. The smallest absolute Gasteiger partial charge is 0.226 e. The molecule has 0 aliphatic carbocycles. The lowest BCUT2D eigenvalue weighted by Crippen LogP contribution is -2.25. The van der Waals surface area contributed by atoms with E-state index >= 15 is 0 Å². The van der Waals surface area contributed by atoms with Gasteiger partial charge in [0.05, 0.1) is 24.4 Å². The number of nitrogen functional groups attached to an aromatic ring is 1. The zero-order valence-corrected chi connectivity index (χ0v) is 7.53. The summed E-state index contributed by atoms with van der Waals surface area (Å²) >= 11 is 0. The highest BCUT2D eigenvalue weighted by atomic mass is 16.1. The van der Waals surface area contributed by atoms with Crippen molar-refractivity contribution in [3.05, 3.63) is 24.0 Å². The van der Waals surface area contributed by atoms with Crippen molar-refractivity contribution in [1.29, 1.82) is 5.26 Å². The lowest BCUT2D eigenvalue weighted by atomic mass is 10.2. The Kier molecular flexibility index (Phi) is 3.44. The molecule has 5 heteroatoms. The Labute approximate surface area is 81.6 Å². The minimum atomic E-state index is -0.219. The number of nitrogens with two attached hydrogens (primary N) is 1. The van der Waals surface area contributed by atoms with E-state index in [0.29, 0.717) is 11.4 Å². The molecule has 0 aliphatic heterocycles. The summed E-state index contributed by atoms with van der Waals surface area (Å²) in [7, 11) is 0. The number of hydrogen-bond acceptors (Lipinski definition) is 4. The summed E-state index contributed by atoms with van der Waals surface area (Å²) < 4.78 is 0. The highest BCUT2D eigenvalue weighted by Gasteiger charge is 2.02. The average Bonchev–Trinajstić information content (AvgIpc) is 2.18. The molecule has 0 saturated heterocycles. The number of rotatable bonds is 3. The highest BCUT2D eigenvalue weighted by molar-refractivity contribution is 5.78. The number of nitrogens with zero attached hydrogens (tertiary/aromatic N) is 2. The van der Waals surface area contributed by atoms with E-state index in [4.69, 9.17) is 11.0 Å². The molecule has 0 bridgehead atoms. The molecular weight excluding hydrogens is 180 g/mol. The van der Waals surface area contributed by atoms with Crippen molar-refractivity contribution in [2.24, 2.45) is 0 Å². The molecule has 1 heterocycles. The maximum Gasteiger partial charge on any atom is 0.226 e. The van der Waals surface area contributed by atoms with E-state index in [0.717, 1.165) is 0 Å². The summed E-state index contributed by atoms with van der Waals surface area (Å²) in [5, 5.41) is 10.6. The molecule has 1 rings (SSSR count). The fraction of sp³-hybridized carbons (Fsp3) is 0.222. The number of nitrogens with one attached hydrogen (secondary N) is 1. The summed E-state index contributed by atoms with van der Waals surface area (Å²) in [5.41, 5.74) is 6.63. The molecular formula is C9H10N4O. The lowest BCUT2D eigenvalue weighted by Gasteiger charge is -2.00. The number of aromatic nitrogens is 1. The Morgan fingerprint density at radius 2 is 2.43 bits per heavy atom. The van der Waals surface area contributed by atoms with Gasteiger partial charge in [-0.25, -0.2) is 0 Å². The molecule has 0 radical (unpaired) electrons. The monoisotopic (exact) mass is 190 g/mol. The first-order valence-electron chi connectivity index (χ1n) is 4.06. The van der Waals surface area contributed by atoms with E-state index in [1.165, 1.54) is 6.20 Å². The van der Waals surface area contributed by atoms with Crippen molar-refractivity contribution in [2.45, 2.75) is 6.42 Å². The molecule has 72 valence electrons. The molecule has 0 aromatic carbocycles. The van der Waals surface area contributed by atoms with Crippen molar-refractivity contribution < 1.29 is 4.79 Å². The predicted molar refractivity (Wildman–Crippen MR) is 51.0 cm³/mol. The Morgan fingerprint density at radius 1 is 1.64 bits per heavy atom. The van der Waals surface area contributed by atoms with Crippen LogP contribution in [0.4, 0.5) is 5.69 Å². The van der Waals surface area contributed by atoms with Gasteiger partial charge in [-0.2, -0.15) is 5.26 Å². The molecule has 1 amide bonds. The highest BCUT2D eigenvalue weighted by Crippen LogP contribution is 2.01. The number of anilines is 1. The third-order valence-electron chi connectivity index (χ3n) is 1.55. The first kappa shape index (κ1) is 9.99. The Hall–Kier alpha value is -2.09. The van der Waals surface area contributed by atoms with Gasteiger partial charge < -0.3 is 11.1 Å². The van der Waals surface area contributed by atoms with E-state index in [2.05, 4.69) is 10.3 Å². The number of amides is 1. The first-order valence-corrected chi connectivity index (χ1v) is 4.06. The second-order valence-corrected chi connectivity index (χ2v) is 2.69. The zero-order valence-electron chi connectivity index (χ0n) is 7.53. The Morgan fingerprint density at radius 3 is 3.00 bits per heavy atom. The van der Waals surface area contributed by atoms with Gasteiger partial charge in [-0.05, 0) is 12.1 Å². The molecule has 0 unspecified atom stereocenters. The van der Waals surface area contributed by atoms with Crippen LogP contribution in [0.1, 0.15) is 5.69 Å². The minimum Gasteiger partial charge on any atom is -0.397 e. The SMILES string of the molecule is N#CCNC(=O)Cc1ccc(N)cn1. The van der Waals surface area contributed by atoms with Gasteiger partial charge in [0, 0.05) is 5.69 Å². The molecule has 1 aromatic rings. The van der Waals surface area contributed by atoms with E-state index in [1.807, 2.05) is 6.07 Å². The fourth-order valence-electron chi connectivity index (χ4n) is 0.906. The molecule has 3 N–H and O–H groups in total. The minimum absolute atomic E-state index is 0.0216. The molecule has 14 heavy (non-hydrogen) atoms. The van der Waals surface area contributed by atoms with Crippen LogP contribution in [-0.4, -0.2) is 17.4 Å². The summed E-state index contributed by atoms with van der Waals surface area (Å²) in [4.78, 5) is 15.1. The molecule has 1 aromatic heterocycles. The van der Waals surface area contributed by atoms with Crippen LogP contribution in [-0.2, 0) is 11.2 Å². The first-order chi connectivity index (χ1) is 6.72. The molecule has 5 nitrogen and oxygen atoms in total. The number of nitriles is 1. The quantitative estimate of drug-likeness (QED) is 0.648. The number of pyridine rings is 1. The van der Waals surface area contributed by atoms with Crippen LogP contribution in [0.2, 0.25) is 0 Å². The van der Waals surface area contributed by atoms with Gasteiger partial charge >= 0.3 is 0 Å². The maximum atomic E-state index is 11.1. The Bertz CT molecular complexity index is 352. The van der Waals surface area contributed by atoms with E-state index in [1.54, 1.807) is 12.1 Å². The standard InChI is InChI=1S/C9H10N4O/c10-3-4-12-9(14)5-8-2-1-7(11)6-13-8/h1-2,6H,4-5,11H2,(H,12,14). The van der Waals surface area contributed by atoms with Crippen LogP contribution in [0.25, 0.3) is 0 Å². The normalized spacial score (nSPS) is 9.07. The molecule has 0 aliphatic rings. The van der Waals surface area contributed by atoms with Crippen molar-refractivity contribution in [1.82, 2.24) is 10.3 Å². The van der Waals surface area contributed by atoms with Gasteiger partial charge in [0.1, 0.15) is 6.54 Å². The summed E-state index contributed by atoms with van der Waals surface area (Å²) in [6, 6.07) is 5.18. The van der Waals surface area contributed by atoms with E-state index < -0.39 is 0 Å². The lowest BCUT2D eigenvalue weighted by molar-refractivity contribution is -0.120. The summed E-state index contributed by atoms with van der Waals surface area (Å²) in [6.45, 7) is 0.0216. The number of carbonyl (C=O) groups excluding carboxylic acids is 1. The topological polar surface area (TPSA) is 91.8 Å². The van der Waals surface area contributed by atoms with Crippen molar-refractivity contribution in [2.75, 3.05) is 12.3 Å². The fourth-order valence-corrected chi connectivity index (χ4v) is 0.906. The van der Waals surface area contributed by atoms with E-state index in [-0.39, 0.29) is 18.9 Å². The second kappa shape index (κ2) is 4.82. The van der Waals surface area contributed by atoms with Crippen LogP contribution in [0, 0.1) is 11.3 Å². The summed E-state index contributed by atoms with van der Waals surface area (Å²) in [5.74, 6) is -0.219. The van der Waals surface area contributed by atoms with E-state index in [9.17, 15) is 4.79 Å². The van der Waals surface area contributed by atoms with Gasteiger partial charge in [-0.1, -0.05) is 0 Å². The number of hydrogen-bond donors (Lipinski definition) is 2. The van der Waals surface area contributed by atoms with Gasteiger partial charge in [0.25, 0.3) is 0 Å². The third-order valence-corrected chi connectivity index (χ3v) is 1.55. The maximum absolute atomic E-state index is 11.1. The average molecular weight is 190 g/mol. The van der Waals surface area contributed by atoms with Gasteiger partial charge in [0.15, 0.2) is 0 Å². The van der Waals surface area contributed by atoms with Gasteiger partial charge in [0.2, 0.25) is 5.91 Å². The molecule has 0 atom stereocenters. The zero-order chi connectivity index (χ0) is 10.4. The van der Waals surface area contributed by atoms with Gasteiger partial charge in [-0.3, -0.25) is 9.78 Å². The van der Waals surface area contributed by atoms with Crippen LogP contribution < -0.4 is 11.1 Å². The number of carbonyl (C=O) groups is 1. The van der Waals surface area contributed by atoms with Crippen molar-refractivity contribution in [3.63, 3.8) is 0 Å². The summed E-state index contributed by atoms with van der Waals surface area (Å²) in [6.07, 6.45) is 1.66. The predicted octanol–water partition coefficient (Wildman–Crippen LogP) is -0.154. The van der Waals surface area contributed by atoms with Crippen LogP contribution >= 0.6 is 0 Å².